The van der Waals surface area contributed by atoms with Gasteiger partial charge in [-0.05, 0) is 30.3 Å². The average Bonchev–Trinajstić information content (AvgIpc) is 2.42. The molecule has 22 heavy (non-hydrogen) atoms. The molecular formula is C16H16Cl3N2O+. The second-order valence-electron chi connectivity index (χ2n) is 5.11. The van der Waals surface area contributed by atoms with Gasteiger partial charge in [-0.2, -0.15) is 0 Å². The maximum absolute atomic E-state index is 12.1. The fraction of sp³-hybridized carbons (Fsp3) is 0.188. The van der Waals surface area contributed by atoms with E-state index >= 15 is 0 Å². The third-order valence-electron chi connectivity index (χ3n) is 3.06. The van der Waals surface area contributed by atoms with Gasteiger partial charge in [0.2, 0.25) is 0 Å². The lowest BCUT2D eigenvalue weighted by Crippen LogP contribution is -3.08. The number of amides is 1. The zero-order valence-corrected chi connectivity index (χ0v) is 14.3. The van der Waals surface area contributed by atoms with Gasteiger partial charge in [0, 0.05) is 15.6 Å². The second-order valence-corrected chi connectivity index (χ2v) is 6.39. The van der Waals surface area contributed by atoms with Gasteiger partial charge in [-0.3, -0.25) is 4.79 Å². The van der Waals surface area contributed by atoms with Crippen molar-refractivity contribution in [1.29, 1.82) is 0 Å². The maximum Gasteiger partial charge on any atom is 0.279 e. The molecule has 0 spiro atoms. The van der Waals surface area contributed by atoms with Gasteiger partial charge in [0.05, 0.1) is 17.8 Å². The SMILES string of the molecule is C[NH+](CC(=O)Nc1cc(Cl)ccc1Cl)Cc1cccc(Cl)c1. The zero-order valence-electron chi connectivity index (χ0n) is 12.0. The number of carbonyl (C=O) groups is 1. The first-order valence-electron chi connectivity index (χ1n) is 6.74. The summed E-state index contributed by atoms with van der Waals surface area (Å²) in [6.45, 7) is 1.02. The zero-order chi connectivity index (χ0) is 16.1. The van der Waals surface area contributed by atoms with Gasteiger partial charge in [0.15, 0.2) is 6.54 Å². The molecule has 1 atom stereocenters. The third-order valence-corrected chi connectivity index (χ3v) is 3.86. The van der Waals surface area contributed by atoms with Crippen LogP contribution in [0.2, 0.25) is 15.1 Å². The van der Waals surface area contributed by atoms with Crippen LogP contribution in [0.5, 0.6) is 0 Å². The van der Waals surface area contributed by atoms with Crippen LogP contribution in [0.3, 0.4) is 0 Å². The summed E-state index contributed by atoms with van der Waals surface area (Å²) >= 11 is 17.9. The molecule has 0 saturated heterocycles. The Balaban J connectivity index is 1.92. The van der Waals surface area contributed by atoms with Crippen LogP contribution in [0.25, 0.3) is 0 Å². The quantitative estimate of drug-likeness (QED) is 0.845. The Hall–Kier alpha value is -1.26. The van der Waals surface area contributed by atoms with Crippen LogP contribution in [0.15, 0.2) is 42.5 Å². The Bertz CT molecular complexity index is 676. The normalized spacial score (nSPS) is 12.0. The lowest BCUT2D eigenvalue weighted by molar-refractivity contribution is -0.885. The highest BCUT2D eigenvalue weighted by molar-refractivity contribution is 6.35. The Labute approximate surface area is 144 Å². The summed E-state index contributed by atoms with van der Waals surface area (Å²) in [5.74, 6) is -0.122. The van der Waals surface area contributed by atoms with Crippen molar-refractivity contribution in [3.05, 3.63) is 63.1 Å². The van der Waals surface area contributed by atoms with Crippen LogP contribution in [0.1, 0.15) is 5.56 Å². The second kappa shape index (κ2) is 7.84. The van der Waals surface area contributed by atoms with E-state index < -0.39 is 0 Å². The van der Waals surface area contributed by atoms with Gasteiger partial charge in [0.25, 0.3) is 5.91 Å². The van der Waals surface area contributed by atoms with Crippen LogP contribution in [0, 0.1) is 0 Å². The van der Waals surface area contributed by atoms with E-state index in [0.717, 1.165) is 10.5 Å². The molecule has 0 bridgehead atoms. The van der Waals surface area contributed by atoms with Gasteiger partial charge in [-0.25, -0.2) is 0 Å². The topological polar surface area (TPSA) is 33.5 Å². The molecule has 0 aliphatic rings. The highest BCUT2D eigenvalue weighted by Gasteiger charge is 2.12. The molecule has 1 unspecified atom stereocenters. The largest absolute Gasteiger partial charge is 0.326 e. The smallest absolute Gasteiger partial charge is 0.279 e. The minimum atomic E-state index is -0.122. The van der Waals surface area contributed by atoms with E-state index in [1.165, 1.54) is 0 Å². The van der Waals surface area contributed by atoms with E-state index in [-0.39, 0.29) is 5.91 Å². The van der Waals surface area contributed by atoms with Gasteiger partial charge >= 0.3 is 0 Å². The Morgan fingerprint density at radius 1 is 1.09 bits per heavy atom. The molecule has 0 aliphatic carbocycles. The molecule has 2 N–H and O–H groups in total. The van der Waals surface area contributed by atoms with Gasteiger partial charge in [0.1, 0.15) is 6.54 Å². The first kappa shape index (κ1) is 17.1. The fourth-order valence-corrected chi connectivity index (χ4v) is 2.67. The van der Waals surface area contributed by atoms with E-state index in [1.807, 2.05) is 31.3 Å². The van der Waals surface area contributed by atoms with E-state index in [1.54, 1.807) is 18.2 Å². The van der Waals surface area contributed by atoms with E-state index in [4.69, 9.17) is 34.8 Å². The van der Waals surface area contributed by atoms with Gasteiger partial charge in [-0.15, -0.1) is 0 Å². The monoisotopic (exact) mass is 357 g/mol. The number of likely N-dealkylation sites (N-methyl/N-ethyl adjacent to an activating group) is 1. The summed E-state index contributed by atoms with van der Waals surface area (Å²) in [7, 11) is 1.94. The maximum atomic E-state index is 12.1. The van der Waals surface area contributed by atoms with Crippen LogP contribution in [-0.2, 0) is 11.3 Å². The lowest BCUT2D eigenvalue weighted by atomic mass is 10.2. The molecule has 3 nitrogen and oxygen atoms in total. The molecule has 2 rings (SSSR count). The Morgan fingerprint density at radius 3 is 2.55 bits per heavy atom. The molecule has 116 valence electrons. The Kier molecular flexibility index (Phi) is 6.09. The summed E-state index contributed by atoms with van der Waals surface area (Å²) in [5, 5.41) is 4.46. The van der Waals surface area contributed by atoms with E-state index in [0.29, 0.717) is 33.8 Å². The van der Waals surface area contributed by atoms with Crippen molar-refractivity contribution in [3.8, 4) is 0 Å². The highest BCUT2D eigenvalue weighted by atomic mass is 35.5. The van der Waals surface area contributed by atoms with Crippen molar-refractivity contribution >= 4 is 46.4 Å². The summed E-state index contributed by atoms with van der Waals surface area (Å²) in [5.41, 5.74) is 1.60. The highest BCUT2D eigenvalue weighted by Crippen LogP contribution is 2.25. The molecule has 6 heteroatoms. The number of anilines is 1. The molecule has 1 amide bonds. The van der Waals surface area contributed by atoms with Crippen molar-refractivity contribution < 1.29 is 9.69 Å². The number of rotatable bonds is 5. The molecule has 2 aromatic carbocycles. The summed E-state index contributed by atoms with van der Waals surface area (Å²) in [6.07, 6.45) is 0. The number of carbonyl (C=O) groups excluding carboxylic acids is 1. The molecule has 0 aromatic heterocycles. The number of halogens is 3. The minimum Gasteiger partial charge on any atom is -0.326 e. The fourth-order valence-electron chi connectivity index (χ4n) is 2.12. The first-order chi connectivity index (χ1) is 10.4. The number of nitrogens with one attached hydrogen (secondary N) is 2. The summed E-state index contributed by atoms with van der Waals surface area (Å²) in [6, 6.07) is 12.6. The number of hydrogen-bond donors (Lipinski definition) is 2. The standard InChI is InChI=1S/C16H15Cl3N2O/c1-21(9-11-3-2-4-12(17)7-11)10-16(22)20-15-8-13(18)5-6-14(15)19/h2-8H,9-10H2,1H3,(H,20,22)/p+1. The Morgan fingerprint density at radius 2 is 1.82 bits per heavy atom. The molecule has 0 radical (unpaired) electrons. The first-order valence-corrected chi connectivity index (χ1v) is 7.88. The average molecular weight is 359 g/mol. The molecular weight excluding hydrogens is 343 g/mol. The van der Waals surface area contributed by atoms with Crippen LogP contribution < -0.4 is 10.2 Å². The van der Waals surface area contributed by atoms with Crippen LogP contribution >= 0.6 is 34.8 Å². The number of quaternary nitrogens is 1. The summed E-state index contributed by atoms with van der Waals surface area (Å²) < 4.78 is 0. The minimum absolute atomic E-state index is 0.122. The van der Waals surface area contributed by atoms with Gasteiger partial charge in [-0.1, -0.05) is 46.9 Å². The predicted molar refractivity (Wildman–Crippen MR) is 92.0 cm³/mol. The third kappa shape index (κ3) is 5.18. The van der Waals surface area contributed by atoms with Crippen molar-refractivity contribution in [2.75, 3.05) is 18.9 Å². The van der Waals surface area contributed by atoms with E-state index in [2.05, 4.69) is 5.32 Å². The van der Waals surface area contributed by atoms with E-state index in [9.17, 15) is 4.79 Å². The summed E-state index contributed by atoms with van der Waals surface area (Å²) in [4.78, 5) is 13.1. The van der Waals surface area contributed by atoms with Crippen molar-refractivity contribution in [2.45, 2.75) is 6.54 Å². The van der Waals surface area contributed by atoms with Crippen molar-refractivity contribution in [2.24, 2.45) is 0 Å². The number of hydrogen-bond acceptors (Lipinski definition) is 1. The molecule has 0 fully saturated rings. The number of benzene rings is 2. The molecule has 0 saturated carbocycles. The van der Waals surface area contributed by atoms with Gasteiger partial charge < -0.3 is 10.2 Å². The van der Waals surface area contributed by atoms with Crippen LogP contribution in [-0.4, -0.2) is 19.5 Å². The predicted octanol–water partition coefficient (Wildman–Crippen LogP) is 3.30. The van der Waals surface area contributed by atoms with Crippen molar-refractivity contribution in [3.63, 3.8) is 0 Å². The molecule has 0 heterocycles. The molecule has 0 aliphatic heterocycles. The lowest BCUT2D eigenvalue weighted by Gasteiger charge is -2.14. The van der Waals surface area contributed by atoms with Crippen molar-refractivity contribution in [1.82, 2.24) is 0 Å². The molecule has 2 aromatic rings. The van der Waals surface area contributed by atoms with Crippen LogP contribution in [0.4, 0.5) is 5.69 Å².